The molecule has 26 heavy (non-hydrogen) atoms. The highest BCUT2D eigenvalue weighted by Gasteiger charge is 2.53. The van der Waals surface area contributed by atoms with Crippen LogP contribution in [0.5, 0.6) is 0 Å². The third kappa shape index (κ3) is 3.77. The standard InChI is InChI=1S/C19H19NO5S/c1-12(21)24-17-16(15-8-9-26-11-15)20(10-14-6-4-3-5-7-14)19(23)18(17)25-13(2)22/h3-9,11,16-18H,10H2,1-2H3/t16?,17-,18+/m0/s1. The van der Waals surface area contributed by atoms with Gasteiger partial charge in [0, 0.05) is 20.4 Å². The molecule has 1 unspecified atom stereocenters. The van der Waals surface area contributed by atoms with Gasteiger partial charge in [0.2, 0.25) is 6.10 Å². The van der Waals surface area contributed by atoms with Crippen molar-refractivity contribution < 1.29 is 23.9 Å². The van der Waals surface area contributed by atoms with E-state index in [2.05, 4.69) is 0 Å². The average Bonchev–Trinajstić information content (AvgIpc) is 3.19. The lowest BCUT2D eigenvalue weighted by Gasteiger charge is -2.27. The first-order valence-corrected chi connectivity index (χ1v) is 9.12. The van der Waals surface area contributed by atoms with Crippen LogP contribution in [0.2, 0.25) is 0 Å². The van der Waals surface area contributed by atoms with Gasteiger partial charge >= 0.3 is 11.9 Å². The minimum Gasteiger partial charge on any atom is -0.455 e. The van der Waals surface area contributed by atoms with Crippen molar-refractivity contribution in [2.45, 2.75) is 38.6 Å². The zero-order valence-electron chi connectivity index (χ0n) is 14.5. The highest BCUT2D eigenvalue weighted by atomic mass is 32.1. The van der Waals surface area contributed by atoms with Crippen molar-refractivity contribution in [1.29, 1.82) is 0 Å². The molecule has 136 valence electrons. The maximum absolute atomic E-state index is 13.0. The SMILES string of the molecule is CC(=O)O[C@H]1C(=O)N(Cc2ccccc2)C(c2ccsc2)[C@@H]1OC(C)=O. The molecule has 3 rings (SSSR count). The van der Waals surface area contributed by atoms with E-state index in [1.807, 2.05) is 47.2 Å². The fourth-order valence-electron chi connectivity index (χ4n) is 3.17. The second-order valence-corrected chi connectivity index (χ2v) is 6.84. The van der Waals surface area contributed by atoms with Crippen LogP contribution in [0.4, 0.5) is 0 Å². The van der Waals surface area contributed by atoms with Crippen molar-refractivity contribution in [3.8, 4) is 0 Å². The predicted molar refractivity (Wildman–Crippen MR) is 95.2 cm³/mol. The number of hydrogen-bond donors (Lipinski definition) is 0. The summed E-state index contributed by atoms with van der Waals surface area (Å²) in [5, 5.41) is 3.80. The van der Waals surface area contributed by atoms with E-state index < -0.39 is 30.2 Å². The first-order valence-electron chi connectivity index (χ1n) is 8.18. The zero-order valence-corrected chi connectivity index (χ0v) is 15.3. The third-order valence-electron chi connectivity index (χ3n) is 4.15. The Hall–Kier alpha value is -2.67. The Labute approximate surface area is 155 Å². The van der Waals surface area contributed by atoms with Crippen molar-refractivity contribution in [3.05, 3.63) is 58.3 Å². The van der Waals surface area contributed by atoms with Gasteiger partial charge in [0.05, 0.1) is 6.04 Å². The summed E-state index contributed by atoms with van der Waals surface area (Å²) >= 11 is 1.49. The molecule has 1 saturated heterocycles. The van der Waals surface area contributed by atoms with Gasteiger partial charge in [-0.1, -0.05) is 30.3 Å². The van der Waals surface area contributed by atoms with E-state index in [1.54, 1.807) is 4.90 Å². The Balaban J connectivity index is 2.00. The number of hydrogen-bond acceptors (Lipinski definition) is 6. The molecule has 0 N–H and O–H groups in total. The number of benzene rings is 1. The van der Waals surface area contributed by atoms with E-state index in [0.717, 1.165) is 11.1 Å². The largest absolute Gasteiger partial charge is 0.455 e. The molecule has 2 heterocycles. The molecule has 1 aliphatic rings. The van der Waals surface area contributed by atoms with Crippen LogP contribution >= 0.6 is 11.3 Å². The van der Waals surface area contributed by atoms with Crippen LogP contribution in [0.1, 0.15) is 31.0 Å². The maximum Gasteiger partial charge on any atom is 0.303 e. The summed E-state index contributed by atoms with van der Waals surface area (Å²) < 4.78 is 10.7. The summed E-state index contributed by atoms with van der Waals surface area (Å²) in [5.41, 5.74) is 1.78. The number of likely N-dealkylation sites (tertiary alicyclic amines) is 1. The van der Waals surface area contributed by atoms with Crippen molar-refractivity contribution in [2.75, 3.05) is 0 Å². The number of carbonyl (C=O) groups excluding carboxylic acids is 3. The zero-order chi connectivity index (χ0) is 18.7. The van der Waals surface area contributed by atoms with Gasteiger partial charge in [0.1, 0.15) is 0 Å². The minimum absolute atomic E-state index is 0.329. The quantitative estimate of drug-likeness (QED) is 0.754. The van der Waals surface area contributed by atoms with Gasteiger partial charge in [-0.05, 0) is 28.0 Å². The van der Waals surface area contributed by atoms with Crippen LogP contribution in [0.3, 0.4) is 0 Å². The number of carbonyl (C=O) groups is 3. The van der Waals surface area contributed by atoms with Gasteiger partial charge < -0.3 is 14.4 Å². The molecule has 0 bridgehead atoms. The van der Waals surface area contributed by atoms with Crippen molar-refractivity contribution in [1.82, 2.24) is 4.90 Å². The fourth-order valence-corrected chi connectivity index (χ4v) is 3.86. The van der Waals surface area contributed by atoms with E-state index in [-0.39, 0.29) is 5.91 Å². The van der Waals surface area contributed by atoms with E-state index in [1.165, 1.54) is 25.2 Å². The maximum atomic E-state index is 13.0. The van der Waals surface area contributed by atoms with E-state index in [9.17, 15) is 14.4 Å². The molecule has 6 nitrogen and oxygen atoms in total. The third-order valence-corrected chi connectivity index (χ3v) is 4.85. The van der Waals surface area contributed by atoms with Crippen LogP contribution in [-0.4, -0.2) is 35.0 Å². The first-order chi connectivity index (χ1) is 12.5. The lowest BCUT2D eigenvalue weighted by Crippen LogP contribution is -2.36. The topological polar surface area (TPSA) is 72.9 Å². The molecular weight excluding hydrogens is 354 g/mol. The summed E-state index contributed by atoms with van der Waals surface area (Å²) in [7, 11) is 0. The molecule has 1 aromatic carbocycles. The van der Waals surface area contributed by atoms with Crippen LogP contribution in [0.15, 0.2) is 47.2 Å². The van der Waals surface area contributed by atoms with Crippen molar-refractivity contribution >= 4 is 29.2 Å². The molecular formula is C19H19NO5S. The Bertz CT molecular complexity index is 790. The predicted octanol–water partition coefficient (Wildman–Crippen LogP) is 2.70. The molecule has 0 spiro atoms. The van der Waals surface area contributed by atoms with Crippen LogP contribution in [0, 0.1) is 0 Å². The van der Waals surface area contributed by atoms with Gasteiger partial charge in [-0.25, -0.2) is 0 Å². The molecule has 1 aliphatic heterocycles. The molecule has 3 atom stereocenters. The highest BCUT2D eigenvalue weighted by molar-refractivity contribution is 7.08. The molecule has 0 saturated carbocycles. The molecule has 7 heteroatoms. The van der Waals surface area contributed by atoms with Gasteiger partial charge in [0.15, 0.2) is 6.10 Å². The molecule has 0 aliphatic carbocycles. The van der Waals surface area contributed by atoms with Crippen molar-refractivity contribution in [2.24, 2.45) is 0 Å². The molecule has 1 fully saturated rings. The number of rotatable bonds is 5. The first kappa shape index (κ1) is 18.1. The summed E-state index contributed by atoms with van der Waals surface area (Å²) in [6.07, 6.45) is -2.03. The number of nitrogens with zero attached hydrogens (tertiary/aromatic N) is 1. The second-order valence-electron chi connectivity index (χ2n) is 6.06. The number of ether oxygens (including phenoxy) is 2. The molecule has 2 aromatic rings. The lowest BCUT2D eigenvalue weighted by atomic mass is 10.0. The van der Waals surface area contributed by atoms with Gasteiger partial charge in [-0.2, -0.15) is 11.3 Å². The minimum atomic E-state index is -1.15. The van der Waals surface area contributed by atoms with Crippen LogP contribution < -0.4 is 0 Å². The highest BCUT2D eigenvalue weighted by Crippen LogP contribution is 2.39. The monoisotopic (exact) mass is 373 g/mol. The summed E-state index contributed by atoms with van der Waals surface area (Å²) in [4.78, 5) is 37.7. The van der Waals surface area contributed by atoms with Gasteiger partial charge in [-0.3, -0.25) is 14.4 Å². The Kier molecular flexibility index (Phi) is 5.37. The Morgan fingerprint density at radius 2 is 1.77 bits per heavy atom. The Morgan fingerprint density at radius 1 is 1.08 bits per heavy atom. The van der Waals surface area contributed by atoms with Crippen molar-refractivity contribution in [3.63, 3.8) is 0 Å². The van der Waals surface area contributed by atoms with Crippen LogP contribution in [-0.2, 0) is 30.4 Å². The number of amides is 1. The van der Waals surface area contributed by atoms with Gasteiger partial charge in [0.25, 0.3) is 5.91 Å². The van der Waals surface area contributed by atoms with Gasteiger partial charge in [-0.15, -0.1) is 0 Å². The fraction of sp³-hybridized carbons (Fsp3) is 0.316. The van der Waals surface area contributed by atoms with E-state index in [0.29, 0.717) is 6.54 Å². The molecule has 1 amide bonds. The number of esters is 2. The molecule has 0 radical (unpaired) electrons. The lowest BCUT2D eigenvalue weighted by molar-refractivity contribution is -0.166. The molecule has 1 aromatic heterocycles. The van der Waals surface area contributed by atoms with E-state index >= 15 is 0 Å². The van der Waals surface area contributed by atoms with E-state index in [4.69, 9.17) is 9.47 Å². The Morgan fingerprint density at radius 3 is 2.35 bits per heavy atom. The number of thiophene rings is 1. The second kappa shape index (κ2) is 7.70. The summed E-state index contributed by atoms with van der Waals surface area (Å²) in [6.45, 7) is 2.84. The summed E-state index contributed by atoms with van der Waals surface area (Å²) in [5.74, 6) is -1.49. The summed E-state index contributed by atoms with van der Waals surface area (Å²) in [6, 6.07) is 10.9. The smallest absolute Gasteiger partial charge is 0.303 e. The average molecular weight is 373 g/mol. The normalized spacial score (nSPS) is 22.3. The van der Waals surface area contributed by atoms with Crippen LogP contribution in [0.25, 0.3) is 0 Å².